The summed E-state index contributed by atoms with van der Waals surface area (Å²) < 4.78 is 17.1. The molecule has 5 nitrogen and oxygen atoms in total. The first kappa shape index (κ1) is 9.56. The van der Waals surface area contributed by atoms with Gasteiger partial charge < -0.3 is 9.59 Å². The third-order valence-electron chi connectivity index (χ3n) is 0. The summed E-state index contributed by atoms with van der Waals surface area (Å²) in [6.45, 7) is 0. The van der Waals surface area contributed by atoms with Gasteiger partial charge in [-0.2, -0.15) is 0 Å². The van der Waals surface area contributed by atoms with Gasteiger partial charge in [0.2, 0.25) is 0 Å². The van der Waals surface area contributed by atoms with Gasteiger partial charge in [-0.1, -0.05) is 0 Å². The van der Waals surface area contributed by atoms with Crippen LogP contribution >= 0.6 is 0 Å². The molecule has 7 heavy (non-hydrogen) atoms. The maximum atomic E-state index is 8.74. The minimum absolute atomic E-state index is 0.250. The Kier molecular flexibility index (Phi) is 12.3. The zero-order valence-electron chi connectivity index (χ0n) is 3.24. The minimum atomic E-state index is -3.13. The molecule has 0 aliphatic heterocycles. The van der Waals surface area contributed by atoms with E-state index >= 15 is 0 Å². The zero-order valence-corrected chi connectivity index (χ0v) is 4.24. The smallest absolute Gasteiger partial charge is 0.511 e. The van der Waals surface area contributed by atoms with E-state index < -0.39 is 9.17 Å². The predicted molar refractivity (Wildman–Crippen MR) is 19.5 cm³/mol. The zero-order chi connectivity index (χ0) is 6.28. The summed E-state index contributed by atoms with van der Waals surface area (Å²) in [6, 6.07) is 0. The third kappa shape index (κ3) is 110. The quantitative estimate of drug-likeness (QED) is 0.304. The van der Waals surface area contributed by atoms with E-state index in [1.54, 1.807) is 0 Å². The Morgan fingerprint density at radius 3 is 1.43 bits per heavy atom. The first-order chi connectivity index (χ1) is 3.15. The number of rotatable bonds is 0. The summed E-state index contributed by atoms with van der Waals surface area (Å²) in [5, 5.41) is 6.89. The molecule has 0 aromatic rings. The van der Waals surface area contributed by atoms with Crippen LogP contribution in [0.2, 0.25) is 0 Å². The predicted octanol–water partition coefficient (Wildman–Crippen LogP) is -2.67. The molecule has 0 aliphatic rings. The van der Waals surface area contributed by atoms with E-state index in [0.717, 1.165) is 0 Å². The SMILES string of the molecule is O=BO.O=[Si](O)O. The van der Waals surface area contributed by atoms with Crippen molar-refractivity contribution in [2.24, 2.45) is 0 Å². The average molecular weight is 122 g/mol. The molecule has 0 aromatic heterocycles. The van der Waals surface area contributed by atoms with Crippen LogP contribution in [-0.2, 0) is 9.17 Å². The molecule has 7 heteroatoms. The van der Waals surface area contributed by atoms with Gasteiger partial charge in [-0.15, -0.1) is 0 Å². The maximum Gasteiger partial charge on any atom is 0.761 e. The largest absolute Gasteiger partial charge is 0.761 e. The standard InChI is InChI=1S/BHO2.H2O3Si/c2-1-3;1-4(2)3/h2H;1-2H. The summed E-state index contributed by atoms with van der Waals surface area (Å²) in [4.78, 5) is 14.3. The van der Waals surface area contributed by atoms with Crippen LogP contribution in [0.1, 0.15) is 0 Å². The van der Waals surface area contributed by atoms with Gasteiger partial charge in [0.15, 0.2) is 0 Å². The second-order valence-electron chi connectivity index (χ2n) is 0.388. The van der Waals surface area contributed by atoms with E-state index in [1.165, 1.54) is 0 Å². The molecule has 0 unspecified atom stereocenters. The van der Waals surface area contributed by atoms with Gasteiger partial charge in [-0.05, 0) is 0 Å². The number of hydrogen-bond acceptors (Lipinski definition) is 2. The van der Waals surface area contributed by atoms with E-state index in [-0.39, 0.29) is 7.35 Å². The monoisotopic (exact) mass is 122 g/mol. The van der Waals surface area contributed by atoms with Gasteiger partial charge in [-0.3, -0.25) is 4.46 Å². The van der Waals surface area contributed by atoms with E-state index in [0.29, 0.717) is 0 Å². The first-order valence-electron chi connectivity index (χ1n) is 1.15. The van der Waals surface area contributed by atoms with Crippen LogP contribution in [0.25, 0.3) is 0 Å². The molecule has 0 saturated heterocycles. The molecule has 0 aliphatic carbocycles. The van der Waals surface area contributed by atoms with Crippen LogP contribution in [0.15, 0.2) is 0 Å². The molecule has 0 saturated carbocycles. The second kappa shape index (κ2) is 8.99. The van der Waals surface area contributed by atoms with Crippen molar-refractivity contribution < 1.29 is 23.8 Å². The van der Waals surface area contributed by atoms with Crippen molar-refractivity contribution >= 4 is 16.5 Å². The van der Waals surface area contributed by atoms with Crippen molar-refractivity contribution in [1.29, 1.82) is 0 Å². The van der Waals surface area contributed by atoms with Gasteiger partial charge in [0.05, 0.1) is 0 Å². The summed E-state index contributed by atoms with van der Waals surface area (Å²) in [6.07, 6.45) is 0. The van der Waals surface area contributed by atoms with Crippen molar-refractivity contribution in [3.05, 3.63) is 0 Å². The van der Waals surface area contributed by atoms with Gasteiger partial charge in [0, 0.05) is 0 Å². The van der Waals surface area contributed by atoms with E-state index in [9.17, 15) is 0 Å². The Bertz CT molecular complexity index is 55.1. The fourth-order valence-electron chi connectivity index (χ4n) is 0. The molecule has 0 radical (unpaired) electrons. The van der Waals surface area contributed by atoms with Crippen LogP contribution in [-0.4, -0.2) is 31.1 Å². The molecule has 0 bridgehead atoms. The Balaban J connectivity index is 0. The molecule has 0 spiro atoms. The van der Waals surface area contributed by atoms with Crippen molar-refractivity contribution in [2.75, 3.05) is 0 Å². The number of hydrogen-bond donors (Lipinski definition) is 3. The van der Waals surface area contributed by atoms with Crippen LogP contribution in [0.5, 0.6) is 0 Å². The summed E-state index contributed by atoms with van der Waals surface area (Å²) >= 11 is 0. The summed E-state index contributed by atoms with van der Waals surface area (Å²) in [7, 11) is -3.38. The molecule has 0 rings (SSSR count). The van der Waals surface area contributed by atoms with Crippen molar-refractivity contribution in [1.82, 2.24) is 0 Å². The van der Waals surface area contributed by atoms with Crippen molar-refractivity contribution in [3.63, 3.8) is 0 Å². The molecule has 3 N–H and O–H groups in total. The summed E-state index contributed by atoms with van der Waals surface area (Å²) in [5.41, 5.74) is 0. The van der Waals surface area contributed by atoms with E-state index in [2.05, 4.69) is 0 Å². The molecule has 0 aromatic carbocycles. The molecule has 0 atom stereocenters. The molecule has 0 fully saturated rings. The molecular weight excluding hydrogens is 119 g/mol. The fraction of sp³-hybridized carbons (Fsp3) is 0. The minimum Gasteiger partial charge on any atom is -0.511 e. The van der Waals surface area contributed by atoms with Crippen LogP contribution in [0.3, 0.4) is 0 Å². The van der Waals surface area contributed by atoms with Crippen LogP contribution in [0, 0.1) is 0 Å². The Morgan fingerprint density at radius 1 is 1.43 bits per heavy atom. The summed E-state index contributed by atoms with van der Waals surface area (Å²) in [5.74, 6) is 0. The average Bonchev–Trinajstić information content (AvgIpc) is 1.33. The van der Waals surface area contributed by atoms with Crippen molar-refractivity contribution in [2.45, 2.75) is 0 Å². The van der Waals surface area contributed by atoms with Crippen LogP contribution in [0.4, 0.5) is 0 Å². The van der Waals surface area contributed by atoms with Gasteiger partial charge >= 0.3 is 26.3 Å². The third-order valence-corrected chi connectivity index (χ3v) is 0. The second-order valence-corrected chi connectivity index (χ2v) is 0.953. The topological polar surface area (TPSA) is 94.8 Å². The van der Waals surface area contributed by atoms with Gasteiger partial charge in [0.25, 0.3) is 0 Å². The van der Waals surface area contributed by atoms with Crippen LogP contribution < -0.4 is 0 Å². The van der Waals surface area contributed by atoms with E-state index in [1.807, 2.05) is 0 Å². The normalized spacial score (nSPS) is 4.57. The Morgan fingerprint density at radius 2 is 1.43 bits per heavy atom. The van der Waals surface area contributed by atoms with Gasteiger partial charge in [-0.25, -0.2) is 0 Å². The molecule has 0 heterocycles. The molecule has 0 amide bonds. The fourth-order valence-corrected chi connectivity index (χ4v) is 0. The van der Waals surface area contributed by atoms with Gasteiger partial charge in [0.1, 0.15) is 0 Å². The first-order valence-corrected chi connectivity index (χ1v) is 2.45. The molecular formula is H3BO5Si. The molecule has 40 valence electrons. The Hall–Kier alpha value is -0.718. The van der Waals surface area contributed by atoms with Crippen molar-refractivity contribution in [3.8, 4) is 0 Å². The maximum absolute atomic E-state index is 8.74. The van der Waals surface area contributed by atoms with E-state index in [4.69, 9.17) is 23.8 Å². The Labute approximate surface area is 41.4 Å².